The maximum atomic E-state index is 12.2. The number of amides is 1. The van der Waals surface area contributed by atoms with E-state index in [1.165, 1.54) is 6.42 Å². The van der Waals surface area contributed by atoms with Crippen molar-refractivity contribution in [3.8, 4) is 0 Å². The van der Waals surface area contributed by atoms with E-state index in [0.717, 1.165) is 30.8 Å². The van der Waals surface area contributed by atoms with Gasteiger partial charge in [0.2, 0.25) is 5.91 Å². The number of likely N-dealkylation sites (N-methyl/N-ethyl adjacent to an activating group) is 1. The molecular formula is C14H21N3O. The molecule has 0 spiro atoms. The van der Waals surface area contributed by atoms with Gasteiger partial charge >= 0.3 is 0 Å². The molecule has 0 radical (unpaired) electrons. The van der Waals surface area contributed by atoms with Gasteiger partial charge in [-0.1, -0.05) is 12.5 Å². The Hall–Kier alpha value is -1.42. The number of hydrogen-bond acceptors (Lipinski definition) is 3. The number of pyridine rings is 1. The lowest BCUT2D eigenvalue weighted by atomic mass is 10.0. The van der Waals surface area contributed by atoms with Gasteiger partial charge in [0.05, 0.1) is 18.3 Å². The number of carbonyl (C=O) groups excluding carboxylic acids is 1. The van der Waals surface area contributed by atoms with Gasteiger partial charge in [-0.05, 0) is 38.4 Å². The van der Waals surface area contributed by atoms with Crippen molar-refractivity contribution >= 4 is 5.91 Å². The third-order valence-corrected chi connectivity index (χ3v) is 3.33. The van der Waals surface area contributed by atoms with Crippen molar-refractivity contribution < 1.29 is 4.79 Å². The van der Waals surface area contributed by atoms with E-state index in [1.807, 2.05) is 32.2 Å². The summed E-state index contributed by atoms with van der Waals surface area (Å²) in [4.78, 5) is 18.4. The molecule has 1 atom stereocenters. The normalized spacial score (nSPS) is 19.6. The quantitative estimate of drug-likeness (QED) is 0.880. The number of hydrogen-bond donors (Lipinski definition) is 1. The lowest BCUT2D eigenvalue weighted by molar-refractivity contribution is -0.133. The minimum atomic E-state index is -0.00596. The van der Waals surface area contributed by atoms with E-state index in [0.29, 0.717) is 6.54 Å². The first kappa shape index (κ1) is 13.0. The molecule has 1 fully saturated rings. The molecule has 18 heavy (non-hydrogen) atoms. The second-order valence-corrected chi connectivity index (χ2v) is 4.97. The second kappa shape index (κ2) is 5.96. The molecule has 4 nitrogen and oxygen atoms in total. The lowest BCUT2D eigenvalue weighted by Gasteiger charge is -2.27. The molecule has 0 aromatic carbocycles. The van der Waals surface area contributed by atoms with Crippen LogP contribution in [-0.4, -0.2) is 35.4 Å². The van der Waals surface area contributed by atoms with Crippen LogP contribution >= 0.6 is 0 Å². The largest absolute Gasteiger partial charge is 0.339 e. The van der Waals surface area contributed by atoms with Crippen LogP contribution in [0.4, 0.5) is 0 Å². The number of piperidine rings is 1. The van der Waals surface area contributed by atoms with Crippen molar-refractivity contribution in [1.29, 1.82) is 0 Å². The average molecular weight is 247 g/mol. The summed E-state index contributed by atoms with van der Waals surface area (Å²) in [5.41, 5.74) is 1.94. The standard InChI is InChI=1S/C14H21N3O/c1-11-6-5-7-12(16-11)10-17(2)14(18)13-8-3-4-9-15-13/h5-7,13,15H,3-4,8-10H2,1-2H3/t13-/m0/s1. The van der Waals surface area contributed by atoms with Crippen molar-refractivity contribution in [3.63, 3.8) is 0 Å². The zero-order valence-electron chi connectivity index (χ0n) is 11.1. The molecule has 1 N–H and O–H groups in total. The minimum Gasteiger partial charge on any atom is -0.339 e. The van der Waals surface area contributed by atoms with Crippen LogP contribution in [0.25, 0.3) is 0 Å². The predicted molar refractivity (Wildman–Crippen MR) is 71.1 cm³/mol. The summed E-state index contributed by atoms with van der Waals surface area (Å²) in [5.74, 6) is 0.179. The minimum absolute atomic E-state index is 0.00596. The predicted octanol–water partition coefficient (Wildman–Crippen LogP) is 1.49. The number of carbonyl (C=O) groups is 1. The van der Waals surface area contributed by atoms with Crippen molar-refractivity contribution in [2.75, 3.05) is 13.6 Å². The van der Waals surface area contributed by atoms with Gasteiger partial charge in [0.15, 0.2) is 0 Å². The van der Waals surface area contributed by atoms with Crippen LogP contribution in [0.15, 0.2) is 18.2 Å². The Bertz CT molecular complexity index is 413. The first-order chi connectivity index (χ1) is 8.66. The molecule has 0 unspecified atom stereocenters. The maximum Gasteiger partial charge on any atom is 0.239 e. The van der Waals surface area contributed by atoms with Crippen LogP contribution in [0, 0.1) is 6.92 Å². The molecule has 98 valence electrons. The van der Waals surface area contributed by atoms with Gasteiger partial charge < -0.3 is 10.2 Å². The zero-order valence-corrected chi connectivity index (χ0v) is 11.1. The van der Waals surface area contributed by atoms with Crippen molar-refractivity contribution in [2.45, 2.75) is 38.8 Å². The van der Waals surface area contributed by atoms with Gasteiger partial charge in [-0.2, -0.15) is 0 Å². The number of nitrogens with one attached hydrogen (secondary N) is 1. The highest BCUT2D eigenvalue weighted by molar-refractivity contribution is 5.81. The van der Waals surface area contributed by atoms with E-state index in [4.69, 9.17) is 0 Å². The van der Waals surface area contributed by atoms with E-state index in [9.17, 15) is 4.79 Å². The van der Waals surface area contributed by atoms with Crippen LogP contribution in [0.2, 0.25) is 0 Å². The van der Waals surface area contributed by atoms with Crippen LogP contribution in [0.3, 0.4) is 0 Å². The Labute approximate surface area is 108 Å². The zero-order chi connectivity index (χ0) is 13.0. The number of nitrogens with zero attached hydrogens (tertiary/aromatic N) is 2. The fourth-order valence-corrected chi connectivity index (χ4v) is 2.34. The molecule has 1 aliphatic rings. The van der Waals surface area contributed by atoms with E-state index >= 15 is 0 Å². The summed E-state index contributed by atoms with van der Waals surface area (Å²) in [6.45, 7) is 3.50. The van der Waals surface area contributed by atoms with Crippen molar-refractivity contribution in [3.05, 3.63) is 29.6 Å². The molecule has 1 aromatic rings. The van der Waals surface area contributed by atoms with E-state index < -0.39 is 0 Å². The molecule has 0 aliphatic carbocycles. The first-order valence-electron chi connectivity index (χ1n) is 6.58. The monoisotopic (exact) mass is 247 g/mol. The molecule has 1 aromatic heterocycles. The summed E-state index contributed by atoms with van der Waals surface area (Å²) in [5, 5.41) is 3.29. The topological polar surface area (TPSA) is 45.2 Å². The summed E-state index contributed by atoms with van der Waals surface area (Å²) in [6, 6.07) is 5.90. The molecular weight excluding hydrogens is 226 g/mol. The summed E-state index contributed by atoms with van der Waals surface area (Å²) >= 11 is 0. The Balaban J connectivity index is 1.94. The van der Waals surface area contributed by atoms with Crippen LogP contribution in [0.5, 0.6) is 0 Å². The molecule has 2 rings (SSSR count). The van der Waals surface area contributed by atoms with Crippen molar-refractivity contribution in [1.82, 2.24) is 15.2 Å². The second-order valence-electron chi connectivity index (χ2n) is 4.97. The average Bonchev–Trinajstić information content (AvgIpc) is 2.39. The van der Waals surface area contributed by atoms with E-state index in [-0.39, 0.29) is 11.9 Å². The third kappa shape index (κ3) is 3.29. The molecule has 0 saturated carbocycles. The van der Waals surface area contributed by atoms with Gasteiger partial charge in [0.1, 0.15) is 0 Å². The maximum absolute atomic E-state index is 12.2. The Morgan fingerprint density at radius 1 is 1.50 bits per heavy atom. The Kier molecular flexibility index (Phi) is 4.31. The third-order valence-electron chi connectivity index (χ3n) is 3.33. The Morgan fingerprint density at radius 2 is 2.33 bits per heavy atom. The SMILES string of the molecule is Cc1cccc(CN(C)C(=O)[C@@H]2CCCCN2)n1. The van der Waals surface area contributed by atoms with Gasteiger partial charge in [0.25, 0.3) is 0 Å². The summed E-state index contributed by atoms with van der Waals surface area (Å²) in [6.07, 6.45) is 3.26. The highest BCUT2D eigenvalue weighted by Gasteiger charge is 2.23. The Morgan fingerprint density at radius 3 is 3.00 bits per heavy atom. The number of aromatic nitrogens is 1. The molecule has 1 saturated heterocycles. The summed E-state index contributed by atoms with van der Waals surface area (Å²) < 4.78 is 0. The van der Waals surface area contributed by atoms with Gasteiger partial charge in [-0.15, -0.1) is 0 Å². The van der Waals surface area contributed by atoms with Crippen molar-refractivity contribution in [2.24, 2.45) is 0 Å². The van der Waals surface area contributed by atoms with Gasteiger partial charge in [-0.25, -0.2) is 0 Å². The number of rotatable bonds is 3. The molecule has 4 heteroatoms. The molecule has 1 amide bonds. The van der Waals surface area contributed by atoms with E-state index in [2.05, 4.69) is 10.3 Å². The molecule has 2 heterocycles. The van der Waals surface area contributed by atoms with E-state index in [1.54, 1.807) is 4.90 Å². The fourth-order valence-electron chi connectivity index (χ4n) is 2.34. The van der Waals surface area contributed by atoms with Gasteiger partial charge in [0, 0.05) is 12.7 Å². The highest BCUT2D eigenvalue weighted by atomic mass is 16.2. The van der Waals surface area contributed by atoms with Crippen LogP contribution in [0.1, 0.15) is 30.7 Å². The molecule has 1 aliphatic heterocycles. The lowest BCUT2D eigenvalue weighted by Crippen LogP contribution is -2.47. The number of aryl methyl sites for hydroxylation is 1. The fraction of sp³-hybridized carbons (Fsp3) is 0.571. The first-order valence-corrected chi connectivity index (χ1v) is 6.58. The smallest absolute Gasteiger partial charge is 0.239 e. The van der Waals surface area contributed by atoms with Crippen LogP contribution < -0.4 is 5.32 Å². The summed E-state index contributed by atoms with van der Waals surface area (Å²) in [7, 11) is 1.85. The molecule has 0 bridgehead atoms. The highest BCUT2D eigenvalue weighted by Crippen LogP contribution is 2.10. The van der Waals surface area contributed by atoms with Gasteiger partial charge in [-0.3, -0.25) is 9.78 Å². The van der Waals surface area contributed by atoms with Crippen LogP contribution in [-0.2, 0) is 11.3 Å².